The van der Waals surface area contributed by atoms with Gasteiger partial charge in [0.15, 0.2) is 10.8 Å². The van der Waals surface area contributed by atoms with Crippen molar-refractivity contribution in [2.45, 2.75) is 84.4 Å². The fraction of sp³-hybridized carbons (Fsp3) is 0.468. The number of fused-ring (bicyclic) bond motifs is 2. The van der Waals surface area contributed by atoms with E-state index in [1.165, 1.54) is 17.8 Å². The maximum absolute atomic E-state index is 14.0. The second kappa shape index (κ2) is 15.4. The summed E-state index contributed by atoms with van der Waals surface area (Å²) in [5.41, 5.74) is 6.49. The number of hydrogen-bond donors (Lipinski definition) is 3. The van der Waals surface area contributed by atoms with Crippen molar-refractivity contribution >= 4 is 44.4 Å². The molecule has 5 aliphatic rings. The highest BCUT2D eigenvalue weighted by molar-refractivity contribution is 7.22. The van der Waals surface area contributed by atoms with Crippen LogP contribution in [-0.4, -0.2) is 82.8 Å². The van der Waals surface area contributed by atoms with Crippen LogP contribution in [-0.2, 0) is 29.0 Å². The van der Waals surface area contributed by atoms with Gasteiger partial charge in [0.25, 0.3) is 5.91 Å². The lowest BCUT2D eigenvalue weighted by Gasteiger charge is -2.69. The van der Waals surface area contributed by atoms with Crippen molar-refractivity contribution in [3.8, 4) is 23.0 Å². The van der Waals surface area contributed by atoms with E-state index in [0.29, 0.717) is 61.3 Å². The quantitative estimate of drug-likeness (QED) is 0.0845. The molecule has 4 fully saturated rings. The molecule has 12 nitrogen and oxygen atoms in total. The van der Waals surface area contributed by atoms with E-state index in [1.807, 2.05) is 56.4 Å². The molecule has 1 amide bonds. The maximum Gasteiger partial charge on any atom is 0.355 e. The number of nitrogens with zero attached hydrogens (tertiary/aromatic N) is 5. The summed E-state index contributed by atoms with van der Waals surface area (Å²) in [5, 5.41) is 22.1. The van der Waals surface area contributed by atoms with E-state index in [-0.39, 0.29) is 33.4 Å². The first kappa shape index (κ1) is 40.3. The van der Waals surface area contributed by atoms with Gasteiger partial charge in [0.05, 0.1) is 41.8 Å². The third-order valence-corrected chi connectivity index (χ3v) is 14.2. The predicted octanol–water partition coefficient (Wildman–Crippen LogP) is 7.73. The molecule has 4 aliphatic carbocycles. The van der Waals surface area contributed by atoms with Crippen molar-refractivity contribution in [3.05, 3.63) is 88.4 Å². The Labute approximate surface area is 355 Å². The number of amides is 1. The van der Waals surface area contributed by atoms with Crippen LogP contribution in [0.4, 0.5) is 10.9 Å². The normalized spacial score (nSPS) is 25.2. The number of aromatic nitrogens is 4. The molecular formula is C47H53N7O5S. The van der Waals surface area contributed by atoms with Gasteiger partial charge in [0, 0.05) is 54.7 Å². The molecule has 10 rings (SSSR count). The summed E-state index contributed by atoms with van der Waals surface area (Å²) in [6, 6.07) is 15.4. The number of rotatable bonds is 12. The van der Waals surface area contributed by atoms with E-state index in [2.05, 4.69) is 57.0 Å². The molecular weight excluding hydrogens is 775 g/mol. The van der Waals surface area contributed by atoms with E-state index in [4.69, 9.17) is 19.6 Å². The van der Waals surface area contributed by atoms with Crippen molar-refractivity contribution in [3.63, 3.8) is 0 Å². The van der Waals surface area contributed by atoms with Crippen molar-refractivity contribution in [1.29, 1.82) is 0 Å². The second-order valence-electron chi connectivity index (χ2n) is 18.5. The molecule has 1 aliphatic heterocycles. The minimum Gasteiger partial charge on any atom is -0.476 e. The molecule has 0 radical (unpaired) electrons. The van der Waals surface area contributed by atoms with Crippen LogP contribution in [0.3, 0.4) is 0 Å². The molecule has 4 heterocycles. The predicted molar refractivity (Wildman–Crippen MR) is 234 cm³/mol. The van der Waals surface area contributed by atoms with E-state index >= 15 is 0 Å². The average molecular weight is 828 g/mol. The smallest absolute Gasteiger partial charge is 0.355 e. The Morgan fingerprint density at radius 1 is 0.983 bits per heavy atom. The maximum atomic E-state index is 14.0. The van der Waals surface area contributed by atoms with E-state index in [0.717, 1.165) is 76.8 Å². The zero-order valence-corrected chi connectivity index (χ0v) is 35.9. The highest BCUT2D eigenvalue weighted by atomic mass is 32.1. The monoisotopic (exact) mass is 827 g/mol. The van der Waals surface area contributed by atoms with Gasteiger partial charge < -0.3 is 24.8 Å². The average Bonchev–Trinajstić information content (AvgIpc) is 3.77. The van der Waals surface area contributed by atoms with Gasteiger partial charge in [-0.1, -0.05) is 49.2 Å². The van der Waals surface area contributed by atoms with Crippen LogP contribution >= 0.6 is 11.3 Å². The van der Waals surface area contributed by atoms with Crippen LogP contribution in [0.1, 0.15) is 95.6 Å². The molecule has 3 N–H and O–H groups in total. The summed E-state index contributed by atoms with van der Waals surface area (Å²) >= 11 is 1.43. The zero-order chi connectivity index (χ0) is 41.9. The molecule has 60 heavy (non-hydrogen) atoms. The van der Waals surface area contributed by atoms with E-state index < -0.39 is 5.97 Å². The third kappa shape index (κ3) is 7.59. The fourth-order valence-electron chi connectivity index (χ4n) is 12.1. The minimum absolute atomic E-state index is 0.0229. The first-order valence-electron chi connectivity index (χ1n) is 20.9. The Morgan fingerprint density at radius 2 is 1.78 bits per heavy atom. The number of anilines is 2. The zero-order valence-electron chi connectivity index (χ0n) is 35.1. The number of para-hydroxylation sites is 1. The Bertz CT molecular complexity index is 2520. The van der Waals surface area contributed by atoms with Crippen molar-refractivity contribution in [1.82, 2.24) is 25.1 Å². The first-order valence-corrected chi connectivity index (χ1v) is 21.7. The van der Waals surface area contributed by atoms with Crippen LogP contribution in [0.15, 0.2) is 54.7 Å². The molecule has 2 unspecified atom stereocenters. The van der Waals surface area contributed by atoms with Crippen LogP contribution < -0.4 is 15.5 Å². The Kier molecular flexibility index (Phi) is 10.3. The van der Waals surface area contributed by atoms with Crippen LogP contribution in [0, 0.1) is 35.0 Å². The fourth-order valence-corrected chi connectivity index (χ4v) is 13.0. The standard InChI is InChI=1S/C47H53N7O5S/c1-30-35(21-49-54(30)29-46-24-44(2)23-45(3,25-46)27-47(26-44,28-46)59-18-17-58-5)33-12-13-39(51-40(33)42(56)57)53-16-14-32-19-31(9-8-15-48-4)20-34(36(32)22-53)41(55)52-43-50-37-10-6-7-11-38(37)60-43/h6-7,10-13,19-21,48H,14-18,22-29H2,1-5H3,(H,56,57)(H,50,52,55). The van der Waals surface area contributed by atoms with Gasteiger partial charge in [-0.05, 0) is 123 Å². The van der Waals surface area contributed by atoms with Crippen molar-refractivity contribution < 1.29 is 24.2 Å². The van der Waals surface area contributed by atoms with Gasteiger partial charge in [-0.3, -0.25) is 14.8 Å². The number of hydrogen-bond acceptors (Lipinski definition) is 10. The summed E-state index contributed by atoms with van der Waals surface area (Å²) < 4.78 is 15.2. The second-order valence-corrected chi connectivity index (χ2v) is 19.5. The molecule has 5 aromatic rings. The van der Waals surface area contributed by atoms with Gasteiger partial charge in [0.1, 0.15) is 5.82 Å². The number of carbonyl (C=O) groups is 2. The number of nitrogens with one attached hydrogen (secondary N) is 2. The SMILES string of the molecule is CNCC#Cc1cc2c(c(C(=O)Nc3nc4ccccc4s3)c1)CN(c1ccc(-c3cnn(CC45CC6(C)CC(C)(C4)CC(OCCOC)(C6)C5)c3C)c(C(=O)O)n1)CC2. The van der Waals surface area contributed by atoms with Gasteiger partial charge >= 0.3 is 5.97 Å². The van der Waals surface area contributed by atoms with Gasteiger partial charge in [-0.25, -0.2) is 14.8 Å². The molecule has 2 aromatic carbocycles. The molecule has 0 spiro atoms. The molecule has 2 atom stereocenters. The number of methoxy groups -OCH3 is 1. The number of benzene rings is 2. The van der Waals surface area contributed by atoms with Gasteiger partial charge in [0.2, 0.25) is 0 Å². The largest absolute Gasteiger partial charge is 0.476 e. The van der Waals surface area contributed by atoms with Gasteiger partial charge in [-0.2, -0.15) is 5.10 Å². The topological polar surface area (TPSA) is 144 Å². The number of thiazole rings is 1. The number of ether oxygens (including phenoxy) is 2. The third-order valence-electron chi connectivity index (χ3n) is 13.2. The Morgan fingerprint density at radius 3 is 2.53 bits per heavy atom. The summed E-state index contributed by atoms with van der Waals surface area (Å²) in [7, 11) is 3.57. The summed E-state index contributed by atoms with van der Waals surface area (Å²) in [4.78, 5) is 38.5. The van der Waals surface area contributed by atoms with Crippen molar-refractivity contribution in [2.24, 2.45) is 16.2 Å². The van der Waals surface area contributed by atoms with Crippen LogP contribution in [0.5, 0.6) is 0 Å². The Hall–Kier alpha value is -5.13. The first-order chi connectivity index (χ1) is 28.8. The highest BCUT2D eigenvalue weighted by Crippen LogP contribution is 2.72. The lowest BCUT2D eigenvalue weighted by molar-refractivity contribution is -0.250. The number of pyridine rings is 1. The highest BCUT2D eigenvalue weighted by Gasteiger charge is 2.66. The van der Waals surface area contributed by atoms with Gasteiger partial charge in [-0.15, -0.1) is 0 Å². The molecule has 0 saturated heterocycles. The van der Waals surface area contributed by atoms with E-state index in [1.54, 1.807) is 13.3 Å². The van der Waals surface area contributed by atoms with E-state index in [9.17, 15) is 14.7 Å². The molecule has 13 heteroatoms. The van der Waals surface area contributed by atoms with Crippen molar-refractivity contribution in [2.75, 3.05) is 50.7 Å². The Balaban J connectivity index is 0.989. The molecule has 4 saturated carbocycles. The summed E-state index contributed by atoms with van der Waals surface area (Å²) in [6.07, 6.45) is 9.07. The number of carbonyl (C=O) groups excluding carboxylic acids is 1. The number of carboxylic acid groups (broad SMARTS) is 1. The number of aromatic carboxylic acids is 1. The molecule has 312 valence electrons. The lowest BCUT2D eigenvalue weighted by atomic mass is 9.39. The molecule has 4 bridgehead atoms. The summed E-state index contributed by atoms with van der Waals surface area (Å²) in [5.74, 6) is 5.49. The van der Waals surface area contributed by atoms with Crippen LogP contribution in [0.2, 0.25) is 0 Å². The minimum atomic E-state index is -1.10. The van der Waals surface area contributed by atoms with Crippen LogP contribution in [0.25, 0.3) is 21.3 Å². The lowest BCUT2D eigenvalue weighted by Crippen LogP contribution is -2.64. The summed E-state index contributed by atoms with van der Waals surface area (Å²) in [6.45, 7) is 10.4. The number of carboxylic acids is 1. The molecule has 3 aromatic heterocycles.